The monoisotopic (exact) mass is 455 g/mol. The van der Waals surface area contributed by atoms with Crippen molar-refractivity contribution in [2.45, 2.75) is 24.8 Å². The number of amides is 1. The van der Waals surface area contributed by atoms with Gasteiger partial charge < -0.3 is 9.30 Å². The molecule has 0 aliphatic heterocycles. The first-order chi connectivity index (χ1) is 15.4. The standard InChI is InChI=1S/C23H25N3O5S/c1-2-3-16-31-21-10-12-22(13-11-21)32(29,30)26(18-23(27)24-28)17-19-6-8-20(9-7-19)25-14-4-5-15-25/h3-16,28H,2,17-18H2,1H3,(H,24,27). The summed E-state index contributed by atoms with van der Waals surface area (Å²) in [5.41, 5.74) is 3.11. The lowest BCUT2D eigenvalue weighted by Gasteiger charge is -2.21. The summed E-state index contributed by atoms with van der Waals surface area (Å²) in [4.78, 5) is 11.8. The van der Waals surface area contributed by atoms with Crippen LogP contribution in [0.4, 0.5) is 0 Å². The van der Waals surface area contributed by atoms with E-state index < -0.39 is 22.5 Å². The Hall–Kier alpha value is -3.40. The molecule has 0 atom stereocenters. The second-order valence-electron chi connectivity index (χ2n) is 6.93. The Morgan fingerprint density at radius 3 is 2.34 bits per heavy atom. The molecule has 168 valence electrons. The number of rotatable bonds is 10. The third-order valence-electron chi connectivity index (χ3n) is 4.64. The van der Waals surface area contributed by atoms with E-state index in [1.165, 1.54) is 17.6 Å². The SMILES string of the molecule is CCC=COc1ccc(S(=O)(=O)N(CC(=O)NO)Cc2ccc(-n3cccc3)cc2)cc1. The molecule has 0 aliphatic carbocycles. The van der Waals surface area contributed by atoms with Crippen molar-refractivity contribution in [3.8, 4) is 11.4 Å². The molecule has 8 nitrogen and oxygen atoms in total. The van der Waals surface area contributed by atoms with Crippen LogP contribution >= 0.6 is 0 Å². The summed E-state index contributed by atoms with van der Waals surface area (Å²) in [7, 11) is -4.02. The van der Waals surface area contributed by atoms with E-state index in [1.807, 2.05) is 54.2 Å². The smallest absolute Gasteiger partial charge is 0.258 e. The maximum atomic E-state index is 13.2. The van der Waals surface area contributed by atoms with Crippen molar-refractivity contribution in [2.24, 2.45) is 0 Å². The van der Waals surface area contributed by atoms with Crippen LogP contribution < -0.4 is 10.2 Å². The second-order valence-corrected chi connectivity index (χ2v) is 8.87. The van der Waals surface area contributed by atoms with Gasteiger partial charge in [-0.15, -0.1) is 0 Å². The van der Waals surface area contributed by atoms with Gasteiger partial charge in [-0.2, -0.15) is 4.31 Å². The third-order valence-corrected chi connectivity index (χ3v) is 6.45. The normalized spacial score (nSPS) is 11.7. The van der Waals surface area contributed by atoms with Crippen LogP contribution in [-0.2, 0) is 21.4 Å². The number of hydrogen-bond acceptors (Lipinski definition) is 5. The van der Waals surface area contributed by atoms with Crippen molar-refractivity contribution >= 4 is 15.9 Å². The van der Waals surface area contributed by atoms with E-state index in [-0.39, 0.29) is 11.4 Å². The average molecular weight is 456 g/mol. The van der Waals surface area contributed by atoms with Gasteiger partial charge in [-0.3, -0.25) is 10.0 Å². The van der Waals surface area contributed by atoms with E-state index in [2.05, 4.69) is 0 Å². The summed E-state index contributed by atoms with van der Waals surface area (Å²) in [6, 6.07) is 17.1. The van der Waals surface area contributed by atoms with Crippen LogP contribution in [0.3, 0.4) is 0 Å². The van der Waals surface area contributed by atoms with Crippen LogP contribution in [0, 0.1) is 0 Å². The van der Waals surface area contributed by atoms with Gasteiger partial charge in [-0.25, -0.2) is 13.9 Å². The van der Waals surface area contributed by atoms with Crippen LogP contribution in [-0.4, -0.2) is 34.9 Å². The lowest BCUT2D eigenvalue weighted by molar-refractivity contribution is -0.129. The van der Waals surface area contributed by atoms with Crippen LogP contribution in [0.1, 0.15) is 18.9 Å². The molecule has 2 N–H and O–H groups in total. The molecule has 3 rings (SSSR count). The number of carbonyl (C=O) groups excluding carboxylic acids is 1. The molecular weight excluding hydrogens is 430 g/mol. The maximum absolute atomic E-state index is 13.2. The lowest BCUT2D eigenvalue weighted by atomic mass is 10.2. The lowest BCUT2D eigenvalue weighted by Crippen LogP contribution is -2.39. The Morgan fingerprint density at radius 2 is 1.75 bits per heavy atom. The molecule has 0 spiro atoms. The van der Waals surface area contributed by atoms with Crippen molar-refractivity contribution in [1.82, 2.24) is 14.4 Å². The van der Waals surface area contributed by atoms with Gasteiger partial charge in [-0.1, -0.05) is 19.1 Å². The van der Waals surface area contributed by atoms with Crippen molar-refractivity contribution in [3.63, 3.8) is 0 Å². The maximum Gasteiger partial charge on any atom is 0.258 e. The summed E-state index contributed by atoms with van der Waals surface area (Å²) >= 11 is 0. The van der Waals surface area contributed by atoms with E-state index in [0.29, 0.717) is 11.3 Å². The minimum Gasteiger partial charge on any atom is -0.465 e. The minimum atomic E-state index is -4.02. The molecule has 9 heteroatoms. The first-order valence-electron chi connectivity index (χ1n) is 10.0. The number of hydrogen-bond donors (Lipinski definition) is 2. The zero-order chi connectivity index (χ0) is 23.0. The van der Waals surface area contributed by atoms with Gasteiger partial charge in [0.1, 0.15) is 5.75 Å². The molecule has 0 fully saturated rings. The number of benzene rings is 2. The van der Waals surface area contributed by atoms with Crippen molar-refractivity contribution < 1.29 is 23.2 Å². The first kappa shape index (κ1) is 23.3. The fourth-order valence-electron chi connectivity index (χ4n) is 2.97. The van der Waals surface area contributed by atoms with Crippen molar-refractivity contribution in [2.75, 3.05) is 6.54 Å². The molecule has 0 radical (unpaired) electrons. The van der Waals surface area contributed by atoms with Gasteiger partial charge in [-0.05, 0) is 66.6 Å². The van der Waals surface area contributed by atoms with Crippen LogP contribution in [0.15, 0.2) is 90.3 Å². The number of nitrogens with zero attached hydrogens (tertiary/aromatic N) is 2. The Balaban J connectivity index is 1.82. The molecule has 1 amide bonds. The van der Waals surface area contributed by atoms with E-state index in [9.17, 15) is 13.2 Å². The third kappa shape index (κ3) is 5.85. The highest BCUT2D eigenvalue weighted by Crippen LogP contribution is 2.22. The van der Waals surface area contributed by atoms with Crippen molar-refractivity contribution in [1.29, 1.82) is 0 Å². The highest BCUT2D eigenvalue weighted by Gasteiger charge is 2.27. The Kier molecular flexibility index (Phi) is 7.82. The van der Waals surface area contributed by atoms with E-state index in [1.54, 1.807) is 30.5 Å². The summed E-state index contributed by atoms with van der Waals surface area (Å²) in [6.45, 7) is 1.40. The molecule has 1 heterocycles. The van der Waals surface area contributed by atoms with E-state index in [0.717, 1.165) is 16.4 Å². The molecule has 3 aromatic rings. The summed E-state index contributed by atoms with van der Waals surface area (Å²) in [6.07, 6.45) is 8.01. The number of sulfonamides is 1. The Labute approximate surface area is 187 Å². The molecule has 0 unspecified atom stereocenters. The highest BCUT2D eigenvalue weighted by atomic mass is 32.2. The zero-order valence-corrected chi connectivity index (χ0v) is 18.4. The first-order valence-corrected chi connectivity index (χ1v) is 11.4. The average Bonchev–Trinajstić information content (AvgIpc) is 3.34. The molecule has 32 heavy (non-hydrogen) atoms. The topological polar surface area (TPSA) is 101 Å². The number of nitrogens with one attached hydrogen (secondary N) is 1. The largest absolute Gasteiger partial charge is 0.465 e. The summed E-state index contributed by atoms with van der Waals surface area (Å²) in [5.74, 6) is -0.337. The van der Waals surface area contributed by atoms with Gasteiger partial charge in [0.05, 0.1) is 17.7 Å². The van der Waals surface area contributed by atoms with Crippen molar-refractivity contribution in [3.05, 3.63) is 91.0 Å². The number of aromatic nitrogens is 1. The van der Waals surface area contributed by atoms with Gasteiger partial charge in [0, 0.05) is 24.6 Å². The molecule has 2 aromatic carbocycles. The number of allylic oxidation sites excluding steroid dienone is 1. The fourth-order valence-corrected chi connectivity index (χ4v) is 4.35. The Morgan fingerprint density at radius 1 is 1.09 bits per heavy atom. The molecule has 0 saturated heterocycles. The summed E-state index contributed by atoms with van der Waals surface area (Å²) < 4.78 is 34.8. The van der Waals surface area contributed by atoms with E-state index >= 15 is 0 Å². The predicted molar refractivity (Wildman–Crippen MR) is 120 cm³/mol. The van der Waals surface area contributed by atoms with Crippen LogP contribution in [0.5, 0.6) is 5.75 Å². The number of carbonyl (C=O) groups is 1. The Bertz CT molecular complexity index is 1140. The molecule has 1 aromatic heterocycles. The number of hydroxylamine groups is 1. The molecular formula is C23H25N3O5S. The molecule has 0 saturated carbocycles. The summed E-state index contributed by atoms with van der Waals surface area (Å²) in [5, 5.41) is 8.92. The molecule has 0 aliphatic rings. The van der Waals surface area contributed by atoms with E-state index in [4.69, 9.17) is 9.94 Å². The van der Waals surface area contributed by atoms with Gasteiger partial charge >= 0.3 is 0 Å². The highest BCUT2D eigenvalue weighted by molar-refractivity contribution is 7.89. The fraction of sp³-hybridized carbons (Fsp3) is 0.174. The second kappa shape index (κ2) is 10.8. The quantitative estimate of drug-likeness (QED) is 0.277. The van der Waals surface area contributed by atoms with Gasteiger partial charge in [0.15, 0.2) is 0 Å². The zero-order valence-electron chi connectivity index (χ0n) is 17.6. The molecule has 0 bridgehead atoms. The van der Waals surface area contributed by atoms with Gasteiger partial charge in [0.25, 0.3) is 5.91 Å². The minimum absolute atomic E-state index is 0.0130. The van der Waals surface area contributed by atoms with Gasteiger partial charge in [0.2, 0.25) is 10.0 Å². The van der Waals surface area contributed by atoms with Crippen LogP contribution in [0.2, 0.25) is 0 Å². The number of ether oxygens (including phenoxy) is 1. The van der Waals surface area contributed by atoms with Crippen LogP contribution in [0.25, 0.3) is 5.69 Å². The predicted octanol–water partition coefficient (Wildman–Crippen LogP) is 3.48.